The van der Waals surface area contributed by atoms with E-state index in [2.05, 4.69) is 17.2 Å². The zero-order valence-corrected chi connectivity index (χ0v) is 30.1. The number of phosphoric acid groups is 1. The van der Waals surface area contributed by atoms with Gasteiger partial charge in [0.25, 0.3) is 0 Å². The van der Waals surface area contributed by atoms with Crippen LogP contribution in [0, 0.1) is 23.7 Å². The van der Waals surface area contributed by atoms with Crippen molar-refractivity contribution >= 4 is 7.82 Å². The molecule has 3 saturated heterocycles. The number of benzene rings is 2. The lowest BCUT2D eigenvalue weighted by atomic mass is 9.71. The number of phosphoric ester groups is 1. The highest BCUT2D eigenvalue weighted by molar-refractivity contribution is 7.46. The van der Waals surface area contributed by atoms with Crippen LogP contribution in [0.3, 0.4) is 0 Å². The lowest BCUT2D eigenvalue weighted by Crippen LogP contribution is -2.68. The highest BCUT2D eigenvalue weighted by atomic mass is 31.2. The molecule has 3 aliphatic heterocycles. The molecular formula is C38H56N2O7P+. The van der Waals surface area contributed by atoms with Crippen LogP contribution < -0.4 is 9.84 Å². The van der Waals surface area contributed by atoms with E-state index in [0.717, 1.165) is 57.2 Å². The summed E-state index contributed by atoms with van der Waals surface area (Å²) >= 11 is 0. The Labute approximate surface area is 286 Å². The van der Waals surface area contributed by atoms with Crippen molar-refractivity contribution in [3.8, 4) is 17.6 Å². The normalized spacial score (nSPS) is 27.2. The first-order chi connectivity index (χ1) is 22.7. The molecule has 264 valence electrons. The summed E-state index contributed by atoms with van der Waals surface area (Å²) in [4.78, 5) is 19.5. The second-order valence-electron chi connectivity index (χ2n) is 15.5. The highest BCUT2D eigenvalue weighted by Crippen LogP contribution is 2.46. The zero-order chi connectivity index (χ0) is 34.6. The Kier molecular flexibility index (Phi) is 11.5. The van der Waals surface area contributed by atoms with Gasteiger partial charge in [-0.25, -0.2) is 4.57 Å². The standard InChI is InChI=1S/C38H55N2O7P/c1-36(2,3)39-26-34(41)29-17-18-35(47-48(43,44)45)30(25-29)27-40-23-19-31(20-24-40)37(28-40,46-4)21-22-38(42,33-15-11-8-12-16-33)32-13-9-6-5-7-10-14-32/h8,11-12,15-18,25,31-32,34,39,41-42H,5-7,9-10,13-14,19-20,23-24,26-28H2,1-4H3,(H-,43,44,45)/p+1/t31?,34?,37-,38?,40?/m1/s1. The average Bonchev–Trinajstić information content (AvgIpc) is 3.03. The number of aliphatic hydroxyl groups is 2. The first kappa shape index (κ1) is 37.0. The van der Waals surface area contributed by atoms with E-state index in [4.69, 9.17) is 9.26 Å². The van der Waals surface area contributed by atoms with Crippen molar-refractivity contribution < 1.29 is 38.3 Å². The average molecular weight is 684 g/mol. The van der Waals surface area contributed by atoms with Crippen molar-refractivity contribution in [3.05, 3.63) is 65.2 Å². The molecule has 0 amide bonds. The van der Waals surface area contributed by atoms with Crippen LogP contribution >= 0.6 is 7.82 Å². The smallest absolute Gasteiger partial charge is 0.404 e. The van der Waals surface area contributed by atoms with Gasteiger partial charge in [0.15, 0.2) is 11.2 Å². The van der Waals surface area contributed by atoms with Crippen LogP contribution in [-0.2, 0) is 21.4 Å². The van der Waals surface area contributed by atoms with E-state index >= 15 is 0 Å². The molecule has 1 aliphatic carbocycles. The number of methoxy groups -OCH3 is 1. The molecule has 3 heterocycles. The third kappa shape index (κ3) is 8.91. The molecule has 1 saturated carbocycles. The Morgan fingerprint density at radius 1 is 1.00 bits per heavy atom. The third-order valence-electron chi connectivity index (χ3n) is 10.9. The number of hydrogen-bond donors (Lipinski definition) is 5. The summed E-state index contributed by atoms with van der Waals surface area (Å²) in [7, 11) is -3.11. The Bertz CT molecular complexity index is 1480. The fourth-order valence-electron chi connectivity index (χ4n) is 8.21. The van der Waals surface area contributed by atoms with Gasteiger partial charge in [-0.15, -0.1) is 0 Å². The molecule has 10 heteroatoms. The van der Waals surface area contributed by atoms with E-state index in [-0.39, 0.29) is 23.1 Å². The molecular weight excluding hydrogens is 627 g/mol. The van der Waals surface area contributed by atoms with Crippen molar-refractivity contribution in [1.29, 1.82) is 0 Å². The Balaban J connectivity index is 1.48. The van der Waals surface area contributed by atoms with Crippen molar-refractivity contribution in [2.24, 2.45) is 11.8 Å². The lowest BCUT2D eigenvalue weighted by Gasteiger charge is -2.56. The van der Waals surface area contributed by atoms with Gasteiger partial charge in [-0.3, -0.25) is 9.79 Å². The lowest BCUT2D eigenvalue weighted by molar-refractivity contribution is -0.961. The van der Waals surface area contributed by atoms with E-state index in [0.29, 0.717) is 35.2 Å². The molecule has 4 aliphatic rings. The van der Waals surface area contributed by atoms with Gasteiger partial charge in [0.2, 0.25) is 0 Å². The summed E-state index contributed by atoms with van der Waals surface area (Å²) in [5.41, 5.74) is -0.170. The predicted molar refractivity (Wildman–Crippen MR) is 187 cm³/mol. The van der Waals surface area contributed by atoms with Crippen molar-refractivity contribution in [3.63, 3.8) is 0 Å². The van der Waals surface area contributed by atoms with Gasteiger partial charge in [0.1, 0.15) is 18.8 Å². The van der Waals surface area contributed by atoms with Crippen molar-refractivity contribution in [2.75, 3.05) is 33.3 Å². The minimum Gasteiger partial charge on any atom is -0.404 e. The largest absolute Gasteiger partial charge is 0.524 e. The Morgan fingerprint density at radius 2 is 1.65 bits per heavy atom. The van der Waals surface area contributed by atoms with Gasteiger partial charge in [0.05, 0.1) is 19.2 Å². The number of aliphatic hydroxyl groups excluding tert-OH is 1. The van der Waals surface area contributed by atoms with Crippen LogP contribution in [0.25, 0.3) is 0 Å². The number of nitrogens with zero attached hydrogens (tertiary/aromatic N) is 1. The molecule has 4 fully saturated rings. The number of nitrogens with one attached hydrogen (secondary N) is 1. The number of rotatable bonds is 10. The number of fused-ring (bicyclic) bond motifs is 3. The van der Waals surface area contributed by atoms with Gasteiger partial charge in [0, 0.05) is 49.4 Å². The molecule has 0 spiro atoms. The number of hydrogen-bond acceptors (Lipinski definition) is 6. The Hall–Kier alpha value is -2.25. The molecule has 5 N–H and O–H groups in total. The fourth-order valence-corrected chi connectivity index (χ4v) is 8.65. The fraction of sp³-hybridized carbons (Fsp3) is 0.632. The molecule has 2 bridgehead atoms. The molecule has 2 aromatic rings. The number of quaternary nitrogens is 1. The van der Waals surface area contributed by atoms with E-state index in [9.17, 15) is 24.6 Å². The summed E-state index contributed by atoms with van der Waals surface area (Å²) < 4.78 is 24.2. The van der Waals surface area contributed by atoms with Crippen molar-refractivity contribution in [2.45, 2.75) is 108 Å². The summed E-state index contributed by atoms with van der Waals surface area (Å²) in [5.74, 6) is 7.37. The second-order valence-corrected chi connectivity index (χ2v) is 16.7. The van der Waals surface area contributed by atoms with Crippen LogP contribution in [0.5, 0.6) is 5.75 Å². The van der Waals surface area contributed by atoms with Gasteiger partial charge in [-0.1, -0.05) is 80.3 Å². The first-order valence-corrected chi connectivity index (χ1v) is 19.2. The molecule has 9 nitrogen and oxygen atoms in total. The third-order valence-corrected chi connectivity index (χ3v) is 11.3. The van der Waals surface area contributed by atoms with E-state index in [1.165, 1.54) is 19.3 Å². The molecule has 48 heavy (non-hydrogen) atoms. The minimum absolute atomic E-state index is 0.0279. The van der Waals surface area contributed by atoms with E-state index < -0.39 is 25.1 Å². The van der Waals surface area contributed by atoms with Crippen LogP contribution in [0.4, 0.5) is 0 Å². The van der Waals surface area contributed by atoms with E-state index in [1.807, 2.05) is 57.2 Å². The first-order valence-electron chi connectivity index (χ1n) is 17.7. The highest BCUT2D eigenvalue weighted by Gasteiger charge is 2.56. The maximum atomic E-state index is 12.5. The molecule has 6 rings (SSSR count). The quantitative estimate of drug-likeness (QED) is 0.118. The van der Waals surface area contributed by atoms with Crippen LogP contribution in [-0.4, -0.2) is 68.9 Å². The molecule has 0 aromatic heterocycles. The number of ether oxygens (including phenoxy) is 1. The molecule has 2 unspecified atom stereocenters. The monoisotopic (exact) mass is 683 g/mol. The second kappa shape index (κ2) is 14.9. The van der Waals surface area contributed by atoms with Crippen LogP contribution in [0.15, 0.2) is 48.5 Å². The molecule has 0 radical (unpaired) electrons. The van der Waals surface area contributed by atoms with Crippen LogP contribution in [0.1, 0.15) is 101 Å². The van der Waals surface area contributed by atoms with Gasteiger partial charge in [-0.2, -0.15) is 0 Å². The summed E-state index contributed by atoms with van der Waals surface area (Å²) in [6.45, 7) is 9.15. The maximum Gasteiger partial charge on any atom is 0.524 e. The summed E-state index contributed by atoms with van der Waals surface area (Å²) in [5, 5.41) is 26.9. The minimum atomic E-state index is -4.83. The van der Waals surface area contributed by atoms with Gasteiger partial charge < -0.3 is 29.3 Å². The number of β-amino-alcohol motifs (C(OH)–C–C–N with tert-alkyl or cyclic N) is 1. The Morgan fingerprint density at radius 3 is 2.25 bits per heavy atom. The van der Waals surface area contributed by atoms with Crippen LogP contribution in [0.2, 0.25) is 0 Å². The number of piperidine rings is 3. The predicted octanol–water partition coefficient (Wildman–Crippen LogP) is 5.96. The molecule has 3 atom stereocenters. The SMILES string of the molecule is CO[C@]1(C#CC(O)(c2ccccc2)C2CCCCCCC2)C[N+]2(Cc3cc(C(O)CNC(C)(C)C)ccc3OP(=O)(O)O)CCC1CC2. The van der Waals surface area contributed by atoms with E-state index in [1.54, 1.807) is 19.2 Å². The van der Waals surface area contributed by atoms with Gasteiger partial charge >= 0.3 is 7.82 Å². The van der Waals surface area contributed by atoms with Gasteiger partial charge in [-0.05, 0) is 56.9 Å². The topological polar surface area (TPSA) is 128 Å². The van der Waals surface area contributed by atoms with Crippen molar-refractivity contribution in [1.82, 2.24) is 5.32 Å². The summed E-state index contributed by atoms with van der Waals surface area (Å²) in [6.07, 6.45) is 8.57. The molecule has 2 aromatic carbocycles. The zero-order valence-electron chi connectivity index (χ0n) is 29.2. The maximum absolute atomic E-state index is 12.5. The summed E-state index contributed by atoms with van der Waals surface area (Å²) in [6, 6.07) is 14.9.